The normalized spacial score (nSPS) is 9.37. The van der Waals surface area contributed by atoms with Crippen LogP contribution in [0.5, 0.6) is 0 Å². The molecule has 27 heavy (non-hydrogen) atoms. The number of ketones is 1. The van der Waals surface area contributed by atoms with E-state index in [1.54, 1.807) is 22.4 Å². The van der Waals surface area contributed by atoms with Gasteiger partial charge in [0.25, 0.3) is 5.91 Å². The van der Waals surface area contributed by atoms with Crippen molar-refractivity contribution in [3.8, 4) is 0 Å². The summed E-state index contributed by atoms with van der Waals surface area (Å²) >= 11 is 2.96. The molecule has 148 valence electrons. The lowest BCUT2D eigenvalue weighted by atomic mass is 10.5. The number of alkyl halides is 1. The van der Waals surface area contributed by atoms with Crippen molar-refractivity contribution in [3.05, 3.63) is 52.9 Å². The van der Waals surface area contributed by atoms with Gasteiger partial charge < -0.3 is 32.3 Å². The second-order valence-electron chi connectivity index (χ2n) is 5.47. The van der Waals surface area contributed by atoms with Crippen LogP contribution >= 0.6 is 15.9 Å². The Morgan fingerprint density at radius 3 is 2.37 bits per heavy atom. The number of H-pyrrole nitrogens is 1. The highest BCUT2D eigenvalue weighted by Gasteiger charge is 2.10. The Bertz CT molecular complexity index is 961. The molecule has 0 aliphatic rings. The Hall–Kier alpha value is -2.27. The molecule has 0 aliphatic heterocycles. The fraction of sp³-hybridized carbons (Fsp3) is 0.312. The molecule has 3 heterocycles. The first-order valence-electron chi connectivity index (χ1n) is 7.56. The molecule has 0 bridgehead atoms. The maximum atomic E-state index is 11.4. The predicted octanol–water partition coefficient (Wildman–Crippen LogP) is -2.75. The highest BCUT2D eigenvalue weighted by Crippen LogP contribution is 1.92. The van der Waals surface area contributed by atoms with Crippen molar-refractivity contribution in [2.45, 2.75) is 13.8 Å². The molecule has 11 heteroatoms. The van der Waals surface area contributed by atoms with Gasteiger partial charge in [-0.1, -0.05) is 15.9 Å². The van der Waals surface area contributed by atoms with Gasteiger partial charge in [-0.3, -0.25) is 14.4 Å². The summed E-state index contributed by atoms with van der Waals surface area (Å²) in [6, 6.07) is 0. The number of carbonyl (C=O) groups excluding carboxylic acids is 2. The lowest BCUT2D eigenvalue weighted by molar-refractivity contribution is -0.645. The van der Waals surface area contributed by atoms with Crippen LogP contribution in [0.25, 0.3) is 5.65 Å². The van der Waals surface area contributed by atoms with Gasteiger partial charge >= 0.3 is 11.2 Å². The second-order valence-corrected chi connectivity index (χ2v) is 6.03. The summed E-state index contributed by atoms with van der Waals surface area (Å²) < 4.78 is 5.18. The molecule has 3 aromatic rings. The number of aryl methyl sites for hydroxylation is 3. The molecule has 0 unspecified atom stereocenters. The quantitative estimate of drug-likeness (QED) is 0.290. The zero-order valence-electron chi connectivity index (χ0n) is 15.4. The lowest BCUT2D eigenvalue weighted by Crippen LogP contribution is -3.00. The van der Waals surface area contributed by atoms with Crippen LogP contribution in [0.2, 0.25) is 0 Å². The highest BCUT2D eigenvalue weighted by molar-refractivity contribution is 9.09. The van der Waals surface area contributed by atoms with E-state index < -0.39 is 5.91 Å². The number of amides is 1. The van der Waals surface area contributed by atoms with Gasteiger partial charge in [0, 0.05) is 19.4 Å². The predicted molar refractivity (Wildman–Crippen MR) is 100 cm³/mol. The fourth-order valence-electron chi connectivity index (χ4n) is 1.96. The third-order valence-electron chi connectivity index (χ3n) is 3.11. The van der Waals surface area contributed by atoms with Crippen LogP contribution in [-0.2, 0) is 18.9 Å². The van der Waals surface area contributed by atoms with Crippen molar-refractivity contribution in [3.63, 3.8) is 0 Å². The van der Waals surface area contributed by atoms with Gasteiger partial charge in [0.1, 0.15) is 24.4 Å². The summed E-state index contributed by atoms with van der Waals surface area (Å²) in [4.78, 5) is 38.0. The minimum absolute atomic E-state index is 0. The summed E-state index contributed by atoms with van der Waals surface area (Å²) in [5.74, 6) is -0.0394. The van der Waals surface area contributed by atoms with Gasteiger partial charge in [0.2, 0.25) is 0 Å². The van der Waals surface area contributed by atoms with E-state index in [4.69, 9.17) is 5.73 Å². The summed E-state index contributed by atoms with van der Waals surface area (Å²) in [6.07, 6.45) is 8.79. The number of nitrogens with one attached hydrogen (secondary N) is 1. The molecule has 0 fully saturated rings. The zero-order valence-corrected chi connectivity index (χ0v) is 18.6. The Morgan fingerprint density at radius 1 is 1.37 bits per heavy atom. The summed E-state index contributed by atoms with van der Waals surface area (Å²) in [5.41, 5.74) is 6.40. The monoisotopic (exact) mass is 504 g/mol. The lowest BCUT2D eigenvalue weighted by Gasteiger charge is -1.92. The Labute approximate surface area is 175 Å². The number of hydrogen-bond acceptors (Lipinski definition) is 4. The highest BCUT2D eigenvalue weighted by atomic mass is 79.9. The van der Waals surface area contributed by atoms with Crippen LogP contribution in [0.1, 0.15) is 23.2 Å². The number of nitrogens with zero attached hydrogens (tertiary/aromatic N) is 4. The van der Waals surface area contributed by atoms with E-state index in [0.717, 1.165) is 5.69 Å². The zero-order chi connectivity index (χ0) is 19.9. The van der Waals surface area contributed by atoms with Gasteiger partial charge in [0.15, 0.2) is 5.82 Å². The molecular weight excluding hydrogens is 484 g/mol. The van der Waals surface area contributed by atoms with Crippen LogP contribution in [0.3, 0.4) is 0 Å². The van der Waals surface area contributed by atoms with Crippen molar-refractivity contribution in [2.75, 3.05) is 5.33 Å². The van der Waals surface area contributed by atoms with Crippen LogP contribution in [0.15, 0.2) is 35.8 Å². The molecule has 3 aromatic heterocycles. The Morgan fingerprint density at radius 2 is 1.96 bits per heavy atom. The molecule has 0 saturated heterocycles. The first-order chi connectivity index (χ1) is 12.2. The van der Waals surface area contributed by atoms with Crippen molar-refractivity contribution in [2.24, 2.45) is 19.8 Å². The maximum absolute atomic E-state index is 11.4. The average Bonchev–Trinajstić information content (AvgIpc) is 3.14. The van der Waals surface area contributed by atoms with Crippen molar-refractivity contribution >= 4 is 33.3 Å². The molecule has 0 atom stereocenters. The number of aromatic nitrogens is 5. The molecule has 0 radical (unpaired) electrons. The topological polar surface area (TPSA) is 119 Å². The molecule has 0 aromatic carbocycles. The Kier molecular flexibility index (Phi) is 10.5. The smallest absolute Gasteiger partial charge is 0.352 e. The van der Waals surface area contributed by atoms with Gasteiger partial charge in [-0.2, -0.15) is 4.40 Å². The van der Waals surface area contributed by atoms with Gasteiger partial charge in [-0.15, -0.1) is 0 Å². The van der Waals surface area contributed by atoms with E-state index in [9.17, 15) is 14.4 Å². The van der Waals surface area contributed by atoms with Crippen molar-refractivity contribution in [1.82, 2.24) is 18.9 Å². The molecule has 0 aliphatic carbocycles. The minimum atomic E-state index is -0.498. The summed E-state index contributed by atoms with van der Waals surface area (Å²) in [6.45, 7) is 3.40. The van der Waals surface area contributed by atoms with Crippen LogP contribution in [-0.4, -0.2) is 36.0 Å². The molecule has 3 N–H and O–H groups in total. The number of Topliss-reactive ketones (excluding diaryl/α,β-unsaturated/α-hetero) is 1. The Balaban J connectivity index is 0.000000403. The van der Waals surface area contributed by atoms with E-state index in [1.807, 2.05) is 37.0 Å². The molecule has 9 nitrogen and oxygen atoms in total. The average molecular weight is 506 g/mol. The SMILES string of the molecule is CC(=O)CBr.Cc1cn2cc[n+](C)c2c(=O)[nH]1.Cn1ccnc1C(N)=O.[Br-]. The third kappa shape index (κ3) is 7.47. The van der Waals surface area contributed by atoms with Gasteiger partial charge in [-0.05, 0) is 13.8 Å². The maximum Gasteiger partial charge on any atom is 0.352 e. The van der Waals surface area contributed by atoms with E-state index in [0.29, 0.717) is 11.0 Å². The first-order valence-corrected chi connectivity index (χ1v) is 8.68. The number of halogens is 2. The molecule has 0 saturated carbocycles. The number of hydrogen-bond donors (Lipinski definition) is 2. The number of primary amides is 1. The summed E-state index contributed by atoms with van der Waals surface area (Å²) in [5, 5.41) is 0.479. The van der Waals surface area contributed by atoms with Gasteiger partial charge in [-0.25, -0.2) is 9.55 Å². The number of aromatic amines is 1. The van der Waals surface area contributed by atoms with Gasteiger partial charge in [0.05, 0.1) is 18.1 Å². The molecular formula is C16H22Br2N6O3. The number of rotatable bonds is 2. The van der Waals surface area contributed by atoms with E-state index >= 15 is 0 Å². The number of fused-ring (bicyclic) bond motifs is 1. The number of nitrogens with two attached hydrogens (primary N) is 1. The molecule has 3 rings (SSSR count). The van der Waals surface area contributed by atoms with Crippen LogP contribution in [0, 0.1) is 6.92 Å². The van der Waals surface area contributed by atoms with Crippen LogP contribution < -0.4 is 32.8 Å². The summed E-state index contributed by atoms with van der Waals surface area (Å²) in [7, 11) is 3.56. The van der Waals surface area contributed by atoms with E-state index in [1.165, 1.54) is 13.1 Å². The van der Waals surface area contributed by atoms with E-state index in [2.05, 4.69) is 25.9 Å². The third-order valence-corrected chi connectivity index (χ3v) is 3.90. The fourth-order valence-corrected chi connectivity index (χ4v) is 1.96. The second kappa shape index (κ2) is 11.4. The van der Waals surface area contributed by atoms with Crippen molar-refractivity contribution in [1.29, 1.82) is 0 Å². The number of carbonyl (C=O) groups is 2. The standard InChI is InChI=1S/C8H9N3O.C5H7N3O.C3H5BrO.BrH/c1-6-5-11-4-3-10(2)8(11)7(12)9-6;1-8-3-2-7-5(8)4(6)9;1-3(5)2-4;/h3-5H,1-2H3;2-3H,1H3,(H2,6,9);2H2,1H3;1H. The number of imidazole rings is 2. The van der Waals surface area contributed by atoms with Crippen LogP contribution in [0.4, 0.5) is 0 Å². The largest absolute Gasteiger partial charge is 1.00 e. The molecule has 0 spiro atoms. The minimum Gasteiger partial charge on any atom is -1.00 e. The first kappa shape index (κ1) is 24.7. The van der Waals surface area contributed by atoms with E-state index in [-0.39, 0.29) is 34.1 Å². The molecule has 1 amide bonds. The van der Waals surface area contributed by atoms with Crippen molar-refractivity contribution < 1.29 is 31.1 Å².